The average Bonchev–Trinajstić information content (AvgIpc) is 2.38. The van der Waals surface area contributed by atoms with Gasteiger partial charge in [-0.1, -0.05) is 30.3 Å². The molecule has 92 valence electrons. The van der Waals surface area contributed by atoms with Gasteiger partial charge in [0.25, 0.3) is 0 Å². The van der Waals surface area contributed by atoms with E-state index in [4.69, 9.17) is 5.26 Å². The lowest BCUT2D eigenvalue weighted by Gasteiger charge is -2.18. The summed E-state index contributed by atoms with van der Waals surface area (Å²) in [7, 11) is 0. The van der Waals surface area contributed by atoms with E-state index in [2.05, 4.69) is 0 Å². The van der Waals surface area contributed by atoms with E-state index in [0.29, 0.717) is 5.39 Å². The van der Waals surface area contributed by atoms with Crippen LogP contribution in [0.15, 0.2) is 36.4 Å². The molecule has 18 heavy (non-hydrogen) atoms. The number of aromatic hydroxyl groups is 1. The van der Waals surface area contributed by atoms with Gasteiger partial charge in [0.1, 0.15) is 11.9 Å². The van der Waals surface area contributed by atoms with Crippen LogP contribution in [0.1, 0.15) is 18.1 Å². The molecule has 0 heterocycles. The highest BCUT2D eigenvalue weighted by Gasteiger charge is 2.23. The normalized spacial score (nSPS) is 14.1. The van der Waals surface area contributed by atoms with Gasteiger partial charge in [-0.15, -0.1) is 0 Å². The predicted molar refractivity (Wildman–Crippen MR) is 66.8 cm³/mol. The molecule has 0 fully saturated rings. The number of phenolic OH excluding ortho intramolecular Hbond substituents is 1. The van der Waals surface area contributed by atoms with Crippen molar-refractivity contribution in [2.45, 2.75) is 18.6 Å². The van der Waals surface area contributed by atoms with Gasteiger partial charge < -0.3 is 15.3 Å². The number of fused-ring (bicyclic) bond motifs is 1. The van der Waals surface area contributed by atoms with Gasteiger partial charge in [-0.05, 0) is 16.8 Å². The SMILES string of the molecule is N#CCC(O)C(O)c1c(O)ccc2ccccc12. The molecule has 0 aliphatic rings. The Morgan fingerprint density at radius 2 is 1.83 bits per heavy atom. The minimum Gasteiger partial charge on any atom is -0.508 e. The van der Waals surface area contributed by atoms with E-state index in [1.807, 2.05) is 12.1 Å². The molecule has 0 aliphatic carbocycles. The minimum absolute atomic E-state index is 0.0850. The Morgan fingerprint density at radius 3 is 2.56 bits per heavy atom. The largest absolute Gasteiger partial charge is 0.508 e. The zero-order valence-corrected chi connectivity index (χ0v) is 9.61. The van der Waals surface area contributed by atoms with Gasteiger partial charge in [0.2, 0.25) is 0 Å². The Morgan fingerprint density at radius 1 is 1.11 bits per heavy atom. The van der Waals surface area contributed by atoms with Crippen molar-refractivity contribution in [2.75, 3.05) is 0 Å². The molecule has 3 N–H and O–H groups in total. The summed E-state index contributed by atoms with van der Waals surface area (Å²) in [5, 5.41) is 39.6. The van der Waals surface area contributed by atoms with Crippen molar-refractivity contribution >= 4 is 10.8 Å². The number of nitriles is 1. The summed E-state index contributed by atoms with van der Waals surface area (Å²) in [5.41, 5.74) is 0.260. The molecule has 2 unspecified atom stereocenters. The number of aliphatic hydroxyl groups excluding tert-OH is 2. The van der Waals surface area contributed by atoms with E-state index in [9.17, 15) is 15.3 Å². The zero-order chi connectivity index (χ0) is 13.1. The first-order valence-corrected chi connectivity index (χ1v) is 5.59. The van der Waals surface area contributed by atoms with Gasteiger partial charge in [0.05, 0.1) is 18.6 Å². The van der Waals surface area contributed by atoms with E-state index in [0.717, 1.165) is 5.39 Å². The van der Waals surface area contributed by atoms with Crippen LogP contribution in [0.5, 0.6) is 5.75 Å². The number of phenols is 1. The Balaban J connectivity index is 2.55. The lowest BCUT2D eigenvalue weighted by molar-refractivity contribution is 0.0212. The third-order valence-electron chi connectivity index (χ3n) is 2.91. The molecule has 0 aromatic heterocycles. The molecule has 0 bridgehead atoms. The highest BCUT2D eigenvalue weighted by Crippen LogP contribution is 2.34. The number of nitrogens with zero attached hydrogens (tertiary/aromatic N) is 1. The van der Waals surface area contributed by atoms with Gasteiger partial charge in [0, 0.05) is 5.56 Å². The molecule has 0 spiro atoms. The van der Waals surface area contributed by atoms with Crippen LogP contribution in [0.4, 0.5) is 0 Å². The molecule has 2 aromatic rings. The van der Waals surface area contributed by atoms with Gasteiger partial charge in [-0.3, -0.25) is 0 Å². The van der Waals surface area contributed by atoms with Gasteiger partial charge in [-0.2, -0.15) is 5.26 Å². The van der Waals surface area contributed by atoms with Crippen molar-refractivity contribution in [3.63, 3.8) is 0 Å². The second-order valence-corrected chi connectivity index (χ2v) is 4.09. The van der Waals surface area contributed by atoms with Crippen molar-refractivity contribution in [1.82, 2.24) is 0 Å². The fourth-order valence-electron chi connectivity index (χ4n) is 1.99. The topological polar surface area (TPSA) is 84.5 Å². The van der Waals surface area contributed by atoms with Crippen molar-refractivity contribution in [1.29, 1.82) is 5.26 Å². The number of rotatable bonds is 3. The van der Waals surface area contributed by atoms with Crippen LogP contribution in [0.2, 0.25) is 0 Å². The molecular weight excluding hydrogens is 230 g/mol. The lowest BCUT2D eigenvalue weighted by atomic mass is 9.95. The van der Waals surface area contributed by atoms with Crippen LogP contribution in [-0.4, -0.2) is 21.4 Å². The maximum Gasteiger partial charge on any atom is 0.122 e. The second kappa shape index (κ2) is 5.05. The number of benzene rings is 2. The molecule has 0 radical (unpaired) electrons. The van der Waals surface area contributed by atoms with E-state index in [1.165, 1.54) is 6.07 Å². The van der Waals surface area contributed by atoms with Crippen LogP contribution in [-0.2, 0) is 0 Å². The predicted octanol–water partition coefficient (Wildman–Crippen LogP) is 1.85. The van der Waals surface area contributed by atoms with Gasteiger partial charge in [-0.25, -0.2) is 0 Å². The Labute approximate surface area is 104 Å². The summed E-state index contributed by atoms with van der Waals surface area (Å²) in [6, 6.07) is 12.2. The van der Waals surface area contributed by atoms with E-state index < -0.39 is 12.2 Å². The Hall–Kier alpha value is -2.09. The fraction of sp³-hybridized carbons (Fsp3) is 0.214. The number of aliphatic hydroxyl groups is 2. The first kappa shape index (κ1) is 12.4. The number of hydrogen-bond donors (Lipinski definition) is 3. The second-order valence-electron chi connectivity index (χ2n) is 4.09. The molecule has 4 nitrogen and oxygen atoms in total. The molecule has 2 aromatic carbocycles. The zero-order valence-electron chi connectivity index (χ0n) is 9.61. The van der Waals surface area contributed by atoms with Crippen LogP contribution >= 0.6 is 0 Å². The third-order valence-corrected chi connectivity index (χ3v) is 2.91. The molecule has 0 amide bonds. The van der Waals surface area contributed by atoms with Crippen LogP contribution in [0, 0.1) is 11.3 Å². The van der Waals surface area contributed by atoms with Gasteiger partial charge >= 0.3 is 0 Å². The lowest BCUT2D eigenvalue weighted by Crippen LogP contribution is -2.17. The molecule has 4 heteroatoms. The standard InChI is InChI=1S/C14H13NO3/c15-8-7-12(17)14(18)13-10-4-2-1-3-9(10)5-6-11(13)16/h1-6,12,14,16-18H,7H2. The number of hydrogen-bond acceptors (Lipinski definition) is 4. The summed E-state index contributed by atoms with van der Waals surface area (Å²) in [6.45, 7) is 0. The molecule has 0 aliphatic heterocycles. The Bertz CT molecular complexity index is 604. The maximum atomic E-state index is 10.0. The molecule has 2 atom stereocenters. The molecule has 2 rings (SSSR count). The highest BCUT2D eigenvalue weighted by atomic mass is 16.3. The fourth-order valence-corrected chi connectivity index (χ4v) is 1.99. The maximum absolute atomic E-state index is 10.0. The summed E-state index contributed by atoms with van der Waals surface area (Å²) in [6.07, 6.45) is -2.69. The van der Waals surface area contributed by atoms with Crippen molar-refractivity contribution in [2.24, 2.45) is 0 Å². The Kier molecular flexibility index (Phi) is 3.47. The average molecular weight is 243 g/mol. The minimum atomic E-state index is -1.28. The third kappa shape index (κ3) is 2.14. The molecule has 0 saturated heterocycles. The monoisotopic (exact) mass is 243 g/mol. The van der Waals surface area contributed by atoms with Gasteiger partial charge in [0.15, 0.2) is 0 Å². The van der Waals surface area contributed by atoms with E-state index in [-0.39, 0.29) is 17.7 Å². The summed E-state index contributed by atoms with van der Waals surface area (Å²) in [4.78, 5) is 0. The summed E-state index contributed by atoms with van der Waals surface area (Å²) >= 11 is 0. The summed E-state index contributed by atoms with van der Waals surface area (Å²) < 4.78 is 0. The first-order chi connectivity index (χ1) is 8.65. The summed E-state index contributed by atoms with van der Waals surface area (Å²) in [5.74, 6) is -0.0850. The quantitative estimate of drug-likeness (QED) is 0.768. The molecule has 0 saturated carbocycles. The molecular formula is C14H13NO3. The smallest absolute Gasteiger partial charge is 0.122 e. The van der Waals surface area contributed by atoms with Crippen LogP contribution in [0.3, 0.4) is 0 Å². The van der Waals surface area contributed by atoms with Crippen LogP contribution in [0.25, 0.3) is 10.8 Å². The highest BCUT2D eigenvalue weighted by molar-refractivity contribution is 5.88. The van der Waals surface area contributed by atoms with E-state index >= 15 is 0 Å². The van der Waals surface area contributed by atoms with E-state index in [1.54, 1.807) is 24.3 Å². The van der Waals surface area contributed by atoms with Crippen molar-refractivity contribution in [3.8, 4) is 11.8 Å². The van der Waals surface area contributed by atoms with Crippen LogP contribution < -0.4 is 0 Å². The van der Waals surface area contributed by atoms with Crippen molar-refractivity contribution < 1.29 is 15.3 Å². The van der Waals surface area contributed by atoms with Crippen molar-refractivity contribution in [3.05, 3.63) is 42.0 Å². The first-order valence-electron chi connectivity index (χ1n) is 5.59.